The Morgan fingerprint density at radius 2 is 2.07 bits per heavy atom. The molecule has 0 radical (unpaired) electrons. The minimum absolute atomic E-state index is 0.139. The molecule has 1 aliphatic rings. The van der Waals surface area contributed by atoms with Gasteiger partial charge < -0.3 is 10.2 Å². The third-order valence-electron chi connectivity index (χ3n) is 5.60. The normalized spacial score (nSPS) is 15.0. The molecule has 1 aliphatic heterocycles. The number of nitrogens with one attached hydrogen (secondary N) is 1. The zero-order valence-corrected chi connectivity index (χ0v) is 18.0. The minimum atomic E-state index is 0.139. The molecule has 4 heterocycles. The maximum absolute atomic E-state index is 12.2. The van der Waals surface area contributed by atoms with Crippen molar-refractivity contribution in [2.75, 3.05) is 13.1 Å². The van der Waals surface area contributed by atoms with Gasteiger partial charge in [0, 0.05) is 31.9 Å². The topological polar surface area (TPSA) is 58.1 Å². The first-order valence-electron chi connectivity index (χ1n) is 10.5. The van der Waals surface area contributed by atoms with Crippen molar-refractivity contribution in [2.24, 2.45) is 0 Å². The van der Waals surface area contributed by atoms with Crippen molar-refractivity contribution < 1.29 is 4.79 Å². The lowest BCUT2D eigenvalue weighted by atomic mass is 10.0. The third kappa shape index (κ3) is 4.49. The number of fused-ring (bicyclic) bond motifs is 1. The average molecular weight is 409 g/mol. The number of hydrogen-bond acceptors (Lipinski definition) is 5. The van der Waals surface area contributed by atoms with Gasteiger partial charge in [-0.2, -0.15) is 0 Å². The Hall–Kier alpha value is -2.31. The first-order chi connectivity index (χ1) is 14.2. The van der Waals surface area contributed by atoms with Crippen LogP contribution >= 0.6 is 11.3 Å². The molecule has 0 saturated carbocycles. The van der Waals surface area contributed by atoms with E-state index in [1.807, 2.05) is 17.3 Å². The van der Waals surface area contributed by atoms with Crippen LogP contribution in [-0.2, 0) is 17.8 Å². The summed E-state index contributed by atoms with van der Waals surface area (Å²) in [5, 5.41) is 3.37. The number of nitrogens with zero attached hydrogens (tertiary/aromatic N) is 3. The van der Waals surface area contributed by atoms with Crippen LogP contribution in [0.3, 0.4) is 0 Å². The molecule has 0 bridgehead atoms. The summed E-state index contributed by atoms with van der Waals surface area (Å²) in [6.07, 6.45) is 8.04. The van der Waals surface area contributed by atoms with E-state index in [0.29, 0.717) is 12.6 Å². The number of pyridine rings is 2. The molecule has 3 aromatic heterocycles. The fraction of sp³-hybridized carbons (Fsp3) is 0.435. The summed E-state index contributed by atoms with van der Waals surface area (Å²) in [7, 11) is 0. The van der Waals surface area contributed by atoms with Gasteiger partial charge in [0.1, 0.15) is 0 Å². The van der Waals surface area contributed by atoms with Gasteiger partial charge in [-0.05, 0) is 61.7 Å². The third-order valence-corrected chi connectivity index (χ3v) is 6.82. The van der Waals surface area contributed by atoms with E-state index in [0.717, 1.165) is 60.4 Å². The summed E-state index contributed by atoms with van der Waals surface area (Å²) in [5.74, 6) is 0.139. The van der Waals surface area contributed by atoms with Crippen molar-refractivity contribution in [1.29, 1.82) is 0 Å². The van der Waals surface area contributed by atoms with Crippen LogP contribution in [0.1, 0.15) is 44.2 Å². The van der Waals surface area contributed by atoms with E-state index < -0.39 is 0 Å². The highest BCUT2D eigenvalue weighted by molar-refractivity contribution is 7.22. The summed E-state index contributed by atoms with van der Waals surface area (Å²) in [5.41, 5.74) is 4.46. The van der Waals surface area contributed by atoms with Crippen molar-refractivity contribution in [3.63, 3.8) is 0 Å². The SMILES string of the molecule is CCCc1ccnc2cc(-c3ccc(CN(C(C)=O)C4CCNCC4)cn3)sc12. The molecule has 5 nitrogen and oxygen atoms in total. The monoisotopic (exact) mass is 408 g/mol. The molecular formula is C23H28N4OS. The standard InChI is InChI=1S/C23H28N4OS/c1-3-4-18-7-12-25-21-13-22(29-23(18)21)20-6-5-17(14-26-20)15-27(16(2)28)19-8-10-24-11-9-19/h5-7,12-14,19,24H,3-4,8-11,15H2,1-2H3. The fourth-order valence-electron chi connectivity index (χ4n) is 4.06. The van der Waals surface area contributed by atoms with Gasteiger partial charge in [-0.15, -0.1) is 11.3 Å². The Balaban J connectivity index is 1.53. The van der Waals surface area contributed by atoms with E-state index >= 15 is 0 Å². The van der Waals surface area contributed by atoms with Crippen LogP contribution in [0, 0.1) is 0 Å². The van der Waals surface area contributed by atoms with Crippen LogP contribution in [0.25, 0.3) is 20.8 Å². The first kappa shape index (κ1) is 20.0. The predicted octanol–water partition coefficient (Wildman–Crippen LogP) is 4.41. The molecule has 1 N–H and O–H groups in total. The zero-order valence-electron chi connectivity index (χ0n) is 17.1. The van der Waals surface area contributed by atoms with E-state index in [1.54, 1.807) is 18.3 Å². The largest absolute Gasteiger partial charge is 0.335 e. The zero-order chi connectivity index (χ0) is 20.2. The smallest absolute Gasteiger partial charge is 0.219 e. The molecule has 0 spiro atoms. The summed E-state index contributed by atoms with van der Waals surface area (Å²) in [6, 6.07) is 8.75. The quantitative estimate of drug-likeness (QED) is 0.656. The Labute approximate surface area is 176 Å². The van der Waals surface area contributed by atoms with Crippen LogP contribution in [0.5, 0.6) is 0 Å². The highest BCUT2D eigenvalue weighted by Gasteiger charge is 2.23. The van der Waals surface area contributed by atoms with Gasteiger partial charge in [-0.25, -0.2) is 0 Å². The maximum Gasteiger partial charge on any atom is 0.219 e. The maximum atomic E-state index is 12.2. The highest BCUT2D eigenvalue weighted by Crippen LogP contribution is 2.34. The Bertz CT molecular complexity index is 976. The van der Waals surface area contributed by atoms with Crippen LogP contribution in [0.15, 0.2) is 36.7 Å². The molecule has 3 aromatic rings. The minimum Gasteiger partial charge on any atom is -0.335 e. The molecular weight excluding hydrogens is 380 g/mol. The molecule has 4 rings (SSSR count). The van der Waals surface area contributed by atoms with Crippen LogP contribution in [0.4, 0.5) is 0 Å². The second-order valence-electron chi connectivity index (χ2n) is 7.72. The summed E-state index contributed by atoms with van der Waals surface area (Å²) >= 11 is 1.77. The van der Waals surface area contributed by atoms with Gasteiger partial charge in [0.25, 0.3) is 0 Å². The summed E-state index contributed by atoms with van der Waals surface area (Å²) in [4.78, 5) is 24.6. The van der Waals surface area contributed by atoms with Crippen LogP contribution in [0.2, 0.25) is 0 Å². The van der Waals surface area contributed by atoms with E-state index in [4.69, 9.17) is 4.98 Å². The van der Waals surface area contributed by atoms with Crippen molar-refractivity contribution in [3.8, 4) is 10.6 Å². The van der Waals surface area contributed by atoms with Crippen LogP contribution in [-0.4, -0.2) is 39.9 Å². The second-order valence-corrected chi connectivity index (χ2v) is 8.78. The first-order valence-corrected chi connectivity index (χ1v) is 11.3. The van der Waals surface area contributed by atoms with E-state index in [2.05, 4.69) is 41.5 Å². The molecule has 0 atom stereocenters. The van der Waals surface area contributed by atoms with Gasteiger partial charge in [-0.3, -0.25) is 14.8 Å². The van der Waals surface area contributed by atoms with Crippen LogP contribution < -0.4 is 5.32 Å². The van der Waals surface area contributed by atoms with Gasteiger partial charge in [0.2, 0.25) is 5.91 Å². The molecule has 29 heavy (non-hydrogen) atoms. The number of hydrogen-bond donors (Lipinski definition) is 1. The summed E-state index contributed by atoms with van der Waals surface area (Å²) in [6.45, 7) is 6.45. The van der Waals surface area contributed by atoms with Gasteiger partial charge in [0.15, 0.2) is 0 Å². The second kappa shape index (κ2) is 9.01. The van der Waals surface area contributed by atoms with Crippen molar-refractivity contribution in [1.82, 2.24) is 20.2 Å². The van der Waals surface area contributed by atoms with E-state index in [1.165, 1.54) is 10.3 Å². The number of piperidine rings is 1. The molecule has 1 amide bonds. The van der Waals surface area contributed by atoms with E-state index in [9.17, 15) is 4.79 Å². The lowest BCUT2D eigenvalue weighted by Gasteiger charge is -2.34. The average Bonchev–Trinajstić information content (AvgIpc) is 3.18. The Morgan fingerprint density at radius 1 is 1.24 bits per heavy atom. The van der Waals surface area contributed by atoms with Crippen molar-refractivity contribution in [2.45, 2.75) is 52.1 Å². The highest BCUT2D eigenvalue weighted by atomic mass is 32.1. The lowest BCUT2D eigenvalue weighted by molar-refractivity contribution is -0.132. The fourth-order valence-corrected chi connectivity index (χ4v) is 5.19. The molecule has 1 fully saturated rings. The number of aryl methyl sites for hydroxylation is 1. The molecule has 0 unspecified atom stereocenters. The van der Waals surface area contributed by atoms with Crippen molar-refractivity contribution in [3.05, 3.63) is 47.8 Å². The molecule has 0 aliphatic carbocycles. The molecule has 1 saturated heterocycles. The lowest BCUT2D eigenvalue weighted by Crippen LogP contribution is -2.44. The molecule has 152 valence electrons. The van der Waals surface area contributed by atoms with Crippen molar-refractivity contribution >= 4 is 27.5 Å². The van der Waals surface area contributed by atoms with E-state index in [-0.39, 0.29) is 5.91 Å². The number of rotatable bonds is 6. The van der Waals surface area contributed by atoms with Gasteiger partial charge in [-0.1, -0.05) is 19.4 Å². The number of aromatic nitrogens is 2. The number of carbonyl (C=O) groups excluding carboxylic acids is 1. The number of thiophene rings is 1. The number of carbonyl (C=O) groups is 1. The number of amides is 1. The molecule has 6 heteroatoms. The molecule has 0 aromatic carbocycles. The summed E-state index contributed by atoms with van der Waals surface area (Å²) < 4.78 is 1.27. The van der Waals surface area contributed by atoms with Gasteiger partial charge in [0.05, 0.1) is 20.8 Å². The predicted molar refractivity (Wildman–Crippen MR) is 119 cm³/mol. The van der Waals surface area contributed by atoms with Gasteiger partial charge >= 0.3 is 0 Å². The Morgan fingerprint density at radius 3 is 2.76 bits per heavy atom. The Kier molecular flexibility index (Phi) is 6.21.